The summed E-state index contributed by atoms with van der Waals surface area (Å²) in [6.07, 6.45) is 3.62. The van der Waals surface area contributed by atoms with Gasteiger partial charge < -0.3 is 5.32 Å². The molecule has 3 rings (SSSR count). The topological polar surface area (TPSA) is 37.8 Å². The molecule has 1 N–H and O–H groups in total. The van der Waals surface area contributed by atoms with E-state index in [1.807, 2.05) is 18.2 Å². The van der Waals surface area contributed by atoms with Crippen molar-refractivity contribution in [1.29, 1.82) is 0 Å². The Bertz CT molecular complexity index is 738. The van der Waals surface area contributed by atoms with Crippen molar-refractivity contribution in [3.05, 3.63) is 54.6 Å². The van der Waals surface area contributed by atoms with Gasteiger partial charge in [-0.2, -0.15) is 0 Å². The highest BCUT2D eigenvalue weighted by atomic mass is 15.2. The quantitative estimate of drug-likeness (QED) is 0.656. The minimum Gasteiger partial charge on any atom is -0.368 e. The molecule has 3 aromatic rings. The number of nitrogens with one attached hydrogen (secondary N) is 1. The number of fused-ring (bicyclic) bond motifs is 1. The van der Waals surface area contributed by atoms with Crippen LogP contribution in [0.3, 0.4) is 0 Å². The minimum atomic E-state index is 0.881. The molecule has 0 fully saturated rings. The summed E-state index contributed by atoms with van der Waals surface area (Å²) in [6, 6.07) is 18.6. The highest BCUT2D eigenvalue weighted by Crippen LogP contribution is 2.29. The van der Waals surface area contributed by atoms with Gasteiger partial charge in [0.15, 0.2) is 5.82 Å². The Kier molecular flexibility index (Phi) is 4.64. The molecule has 112 valence electrons. The monoisotopic (exact) mass is 291 g/mol. The van der Waals surface area contributed by atoms with Crippen molar-refractivity contribution in [2.45, 2.75) is 26.2 Å². The summed E-state index contributed by atoms with van der Waals surface area (Å²) < 4.78 is 0. The fourth-order valence-corrected chi connectivity index (χ4v) is 2.63. The zero-order valence-corrected chi connectivity index (χ0v) is 12.9. The maximum atomic E-state index is 4.46. The first kappa shape index (κ1) is 14.5. The third-order valence-electron chi connectivity index (χ3n) is 3.81. The first-order valence-corrected chi connectivity index (χ1v) is 7.95. The van der Waals surface area contributed by atoms with Crippen molar-refractivity contribution >= 4 is 16.6 Å². The Labute approximate surface area is 131 Å². The lowest BCUT2D eigenvalue weighted by Crippen LogP contribution is -2.05. The maximum Gasteiger partial charge on any atom is 0.156 e. The summed E-state index contributed by atoms with van der Waals surface area (Å²) in [7, 11) is 0. The molecular weight excluding hydrogens is 270 g/mol. The zero-order chi connectivity index (χ0) is 15.2. The van der Waals surface area contributed by atoms with Crippen molar-refractivity contribution in [2.75, 3.05) is 11.9 Å². The summed E-state index contributed by atoms with van der Waals surface area (Å²) in [4.78, 5) is 0. The second-order valence-corrected chi connectivity index (χ2v) is 5.44. The normalized spacial score (nSPS) is 10.8. The predicted molar refractivity (Wildman–Crippen MR) is 93.0 cm³/mol. The number of benzene rings is 2. The smallest absolute Gasteiger partial charge is 0.156 e. The fourth-order valence-electron chi connectivity index (χ4n) is 2.63. The molecule has 0 bridgehead atoms. The van der Waals surface area contributed by atoms with Gasteiger partial charge in [0.2, 0.25) is 0 Å². The molecule has 0 unspecified atom stereocenters. The molecule has 0 aliphatic carbocycles. The lowest BCUT2D eigenvalue weighted by Gasteiger charge is -2.11. The number of nitrogens with zero attached hydrogens (tertiary/aromatic N) is 2. The van der Waals surface area contributed by atoms with E-state index in [2.05, 4.69) is 58.8 Å². The first-order chi connectivity index (χ1) is 10.9. The van der Waals surface area contributed by atoms with Gasteiger partial charge in [-0.05, 0) is 6.42 Å². The van der Waals surface area contributed by atoms with E-state index >= 15 is 0 Å². The molecular formula is C19H21N3. The lowest BCUT2D eigenvalue weighted by atomic mass is 10.0. The number of unbranched alkanes of at least 4 members (excludes halogenated alkanes) is 2. The molecule has 0 radical (unpaired) electrons. The van der Waals surface area contributed by atoms with Crippen molar-refractivity contribution in [2.24, 2.45) is 0 Å². The number of rotatable bonds is 6. The van der Waals surface area contributed by atoms with E-state index in [-0.39, 0.29) is 0 Å². The molecule has 2 aromatic carbocycles. The van der Waals surface area contributed by atoms with Crippen LogP contribution in [0.5, 0.6) is 0 Å². The van der Waals surface area contributed by atoms with E-state index in [4.69, 9.17) is 0 Å². The molecule has 0 spiro atoms. The van der Waals surface area contributed by atoms with Gasteiger partial charge >= 0.3 is 0 Å². The van der Waals surface area contributed by atoms with Crippen LogP contribution in [0.15, 0.2) is 54.6 Å². The second-order valence-electron chi connectivity index (χ2n) is 5.44. The molecule has 22 heavy (non-hydrogen) atoms. The highest BCUT2D eigenvalue weighted by molar-refractivity contribution is 5.99. The van der Waals surface area contributed by atoms with E-state index < -0.39 is 0 Å². The van der Waals surface area contributed by atoms with Gasteiger partial charge in [-0.25, -0.2) is 0 Å². The largest absolute Gasteiger partial charge is 0.368 e. The Morgan fingerprint density at radius 1 is 0.818 bits per heavy atom. The van der Waals surface area contributed by atoms with Crippen LogP contribution in [0, 0.1) is 0 Å². The lowest BCUT2D eigenvalue weighted by molar-refractivity contribution is 0.742. The number of hydrogen-bond donors (Lipinski definition) is 1. The third kappa shape index (κ3) is 3.08. The second kappa shape index (κ2) is 7.03. The van der Waals surface area contributed by atoms with Gasteiger partial charge in [-0.3, -0.25) is 0 Å². The Hall–Kier alpha value is -2.42. The van der Waals surface area contributed by atoms with Crippen LogP contribution < -0.4 is 5.32 Å². The summed E-state index contributed by atoms with van der Waals surface area (Å²) >= 11 is 0. The van der Waals surface area contributed by atoms with Crippen LogP contribution >= 0.6 is 0 Å². The van der Waals surface area contributed by atoms with Gasteiger partial charge in [0.1, 0.15) is 5.69 Å². The molecule has 1 heterocycles. The third-order valence-corrected chi connectivity index (χ3v) is 3.81. The average molecular weight is 291 g/mol. The minimum absolute atomic E-state index is 0.881. The van der Waals surface area contributed by atoms with Crippen LogP contribution in [0.25, 0.3) is 22.0 Å². The molecule has 0 aliphatic heterocycles. The molecule has 0 aliphatic rings. The summed E-state index contributed by atoms with van der Waals surface area (Å²) in [5, 5.41) is 14.6. The van der Waals surface area contributed by atoms with Crippen LogP contribution in [-0.2, 0) is 0 Å². The van der Waals surface area contributed by atoms with E-state index in [9.17, 15) is 0 Å². The van der Waals surface area contributed by atoms with Crippen molar-refractivity contribution in [1.82, 2.24) is 10.2 Å². The van der Waals surface area contributed by atoms with Gasteiger partial charge in [-0.15, -0.1) is 10.2 Å². The number of anilines is 1. The molecule has 0 saturated carbocycles. The van der Waals surface area contributed by atoms with Crippen molar-refractivity contribution in [3.63, 3.8) is 0 Å². The molecule has 0 atom stereocenters. The van der Waals surface area contributed by atoms with Gasteiger partial charge in [0.05, 0.1) is 0 Å². The molecule has 0 amide bonds. The number of aromatic nitrogens is 2. The predicted octanol–water partition coefficient (Wildman–Crippen LogP) is 4.90. The van der Waals surface area contributed by atoms with Crippen LogP contribution in [-0.4, -0.2) is 16.7 Å². The molecule has 1 aromatic heterocycles. The van der Waals surface area contributed by atoms with E-state index in [0.717, 1.165) is 40.8 Å². The highest BCUT2D eigenvalue weighted by Gasteiger charge is 2.09. The molecule has 3 heteroatoms. The summed E-state index contributed by atoms with van der Waals surface area (Å²) in [5.41, 5.74) is 2.04. The summed E-state index contributed by atoms with van der Waals surface area (Å²) in [6.45, 7) is 3.15. The zero-order valence-electron chi connectivity index (χ0n) is 12.9. The van der Waals surface area contributed by atoms with E-state index in [1.54, 1.807) is 0 Å². The van der Waals surface area contributed by atoms with Crippen LogP contribution in [0.4, 0.5) is 5.82 Å². The van der Waals surface area contributed by atoms with Gasteiger partial charge in [0.25, 0.3) is 0 Å². The van der Waals surface area contributed by atoms with Gasteiger partial charge in [0, 0.05) is 22.9 Å². The Morgan fingerprint density at radius 3 is 2.32 bits per heavy atom. The summed E-state index contributed by atoms with van der Waals surface area (Å²) in [5.74, 6) is 0.881. The van der Waals surface area contributed by atoms with Gasteiger partial charge in [-0.1, -0.05) is 74.4 Å². The fraction of sp³-hybridized carbons (Fsp3) is 0.263. The standard InChI is InChI=1S/C19H21N3/c1-2-3-9-14-20-19-17-13-8-7-12-16(17)18(21-22-19)15-10-5-4-6-11-15/h4-8,10-13H,2-3,9,14H2,1H3,(H,20,22). The van der Waals surface area contributed by atoms with Crippen molar-refractivity contribution < 1.29 is 0 Å². The van der Waals surface area contributed by atoms with E-state index in [1.165, 1.54) is 12.8 Å². The maximum absolute atomic E-state index is 4.46. The number of hydrogen-bond acceptors (Lipinski definition) is 3. The SMILES string of the molecule is CCCCCNc1nnc(-c2ccccc2)c2ccccc12. The molecule has 3 nitrogen and oxygen atoms in total. The van der Waals surface area contributed by atoms with Crippen molar-refractivity contribution in [3.8, 4) is 11.3 Å². The first-order valence-electron chi connectivity index (χ1n) is 7.95. The Morgan fingerprint density at radius 2 is 1.55 bits per heavy atom. The Balaban J connectivity index is 1.97. The average Bonchev–Trinajstić information content (AvgIpc) is 2.59. The molecule has 0 saturated heterocycles. The van der Waals surface area contributed by atoms with E-state index in [0.29, 0.717) is 0 Å². The van der Waals surface area contributed by atoms with Crippen LogP contribution in [0.2, 0.25) is 0 Å². The van der Waals surface area contributed by atoms with Crippen LogP contribution in [0.1, 0.15) is 26.2 Å².